The zero-order valence-corrected chi connectivity index (χ0v) is 18.6. The number of nitrogens with zero attached hydrogens (tertiary/aromatic N) is 2. The van der Waals surface area contributed by atoms with Gasteiger partial charge in [0.1, 0.15) is 16.0 Å². The maximum absolute atomic E-state index is 13.2. The molecule has 164 valence electrons. The van der Waals surface area contributed by atoms with Crippen molar-refractivity contribution in [2.75, 3.05) is 13.7 Å². The highest BCUT2D eigenvalue weighted by Gasteiger charge is 2.40. The maximum Gasteiger partial charge on any atom is 0.328 e. The monoisotopic (exact) mass is 448 g/mol. The van der Waals surface area contributed by atoms with Gasteiger partial charge in [-0.3, -0.25) is 14.3 Å². The minimum atomic E-state index is -0.367. The second-order valence-corrected chi connectivity index (χ2v) is 9.75. The van der Waals surface area contributed by atoms with Gasteiger partial charge < -0.3 is 15.0 Å². The number of aromatic nitrogens is 3. The number of fused-ring (bicyclic) bond motifs is 6. The van der Waals surface area contributed by atoms with Crippen LogP contribution in [-0.2, 0) is 13.0 Å². The fraction of sp³-hybridized carbons (Fsp3) is 0.375. The van der Waals surface area contributed by atoms with Crippen LogP contribution in [0.4, 0.5) is 0 Å². The number of benzene rings is 1. The molecule has 0 amide bonds. The molecule has 6 rings (SSSR count). The van der Waals surface area contributed by atoms with E-state index in [1.54, 1.807) is 13.3 Å². The van der Waals surface area contributed by atoms with Crippen molar-refractivity contribution >= 4 is 31.8 Å². The lowest BCUT2D eigenvalue weighted by molar-refractivity contribution is 0.371. The second-order valence-electron chi connectivity index (χ2n) is 8.70. The lowest BCUT2D eigenvalue weighted by Gasteiger charge is -2.32. The number of rotatable bonds is 4. The van der Waals surface area contributed by atoms with Gasteiger partial charge in [0.15, 0.2) is 0 Å². The third-order valence-electron chi connectivity index (χ3n) is 7.12. The molecule has 4 aromatic rings. The second kappa shape index (κ2) is 7.56. The molecule has 1 aliphatic carbocycles. The predicted molar refractivity (Wildman–Crippen MR) is 126 cm³/mol. The molecule has 1 unspecified atom stereocenters. The lowest BCUT2D eigenvalue weighted by atomic mass is 9.73. The van der Waals surface area contributed by atoms with E-state index in [2.05, 4.69) is 27.4 Å². The van der Waals surface area contributed by atoms with Crippen molar-refractivity contribution in [3.05, 3.63) is 68.5 Å². The molecule has 0 spiro atoms. The number of ether oxygens (including phenoxy) is 1. The zero-order chi connectivity index (χ0) is 21.8. The summed E-state index contributed by atoms with van der Waals surface area (Å²) < 4.78 is 8.42. The van der Waals surface area contributed by atoms with Gasteiger partial charge in [0.25, 0.3) is 5.56 Å². The first kappa shape index (κ1) is 19.7. The fourth-order valence-electron chi connectivity index (χ4n) is 5.66. The van der Waals surface area contributed by atoms with E-state index in [0.717, 1.165) is 36.3 Å². The van der Waals surface area contributed by atoms with E-state index in [4.69, 9.17) is 4.74 Å². The summed E-state index contributed by atoms with van der Waals surface area (Å²) >= 11 is 1.39. The normalized spacial score (nSPS) is 22.2. The van der Waals surface area contributed by atoms with Crippen molar-refractivity contribution in [2.45, 2.75) is 37.8 Å². The Morgan fingerprint density at radius 3 is 3.03 bits per heavy atom. The Kier molecular flexibility index (Phi) is 4.66. The molecular formula is C24H24N4O3S. The first-order valence-corrected chi connectivity index (χ1v) is 11.9. The van der Waals surface area contributed by atoms with E-state index < -0.39 is 0 Å². The molecule has 3 aromatic heterocycles. The quantitative estimate of drug-likeness (QED) is 0.501. The van der Waals surface area contributed by atoms with Crippen LogP contribution in [0.5, 0.6) is 5.75 Å². The largest absolute Gasteiger partial charge is 0.496 e. The molecule has 0 bridgehead atoms. The van der Waals surface area contributed by atoms with Crippen LogP contribution in [0.15, 0.2) is 46.1 Å². The molecule has 4 heterocycles. The SMILES string of the molecule is COc1cccc2c1CC[C@@H]1CNC(CCn3c(=O)[nH]c4c(sc5cccnc54)c3=O)[C@H]21. The van der Waals surface area contributed by atoms with E-state index in [1.807, 2.05) is 18.2 Å². The van der Waals surface area contributed by atoms with Crippen molar-refractivity contribution in [1.29, 1.82) is 0 Å². The Bertz CT molecular complexity index is 1450. The molecule has 0 radical (unpaired) electrons. The molecule has 7 nitrogen and oxygen atoms in total. The Morgan fingerprint density at radius 1 is 1.25 bits per heavy atom. The van der Waals surface area contributed by atoms with Crippen LogP contribution in [0.25, 0.3) is 20.4 Å². The Hall–Kier alpha value is -2.97. The Balaban J connectivity index is 1.33. The van der Waals surface area contributed by atoms with Crippen molar-refractivity contribution in [1.82, 2.24) is 19.9 Å². The van der Waals surface area contributed by atoms with Gasteiger partial charge in [0, 0.05) is 24.7 Å². The highest BCUT2D eigenvalue weighted by Crippen LogP contribution is 2.45. The average Bonchev–Trinajstić information content (AvgIpc) is 3.40. The van der Waals surface area contributed by atoms with Crippen LogP contribution < -0.4 is 21.3 Å². The summed E-state index contributed by atoms with van der Waals surface area (Å²) in [4.78, 5) is 33.2. The summed E-state index contributed by atoms with van der Waals surface area (Å²) in [6, 6.07) is 10.3. The van der Waals surface area contributed by atoms with Crippen molar-refractivity contribution in [3.63, 3.8) is 0 Å². The van der Waals surface area contributed by atoms with Crippen LogP contribution in [0.2, 0.25) is 0 Å². The van der Waals surface area contributed by atoms with Crippen molar-refractivity contribution in [3.8, 4) is 5.75 Å². The van der Waals surface area contributed by atoms with Gasteiger partial charge >= 0.3 is 5.69 Å². The molecule has 1 saturated heterocycles. The lowest BCUT2D eigenvalue weighted by Crippen LogP contribution is -2.37. The molecule has 1 aliphatic heterocycles. The number of nitrogens with one attached hydrogen (secondary N) is 2. The zero-order valence-electron chi connectivity index (χ0n) is 17.8. The van der Waals surface area contributed by atoms with Crippen LogP contribution in [-0.4, -0.2) is 34.2 Å². The van der Waals surface area contributed by atoms with Crippen molar-refractivity contribution in [2.24, 2.45) is 5.92 Å². The fourth-order valence-corrected chi connectivity index (χ4v) is 6.72. The molecule has 2 N–H and O–H groups in total. The minimum absolute atomic E-state index is 0.220. The first-order chi connectivity index (χ1) is 15.7. The number of pyridine rings is 1. The number of H-pyrrole nitrogens is 1. The number of aromatic amines is 1. The van der Waals surface area contributed by atoms with E-state index >= 15 is 0 Å². The first-order valence-electron chi connectivity index (χ1n) is 11.0. The summed E-state index contributed by atoms with van der Waals surface area (Å²) in [5.41, 5.74) is 3.29. The molecule has 2 aliphatic rings. The molecular weight excluding hydrogens is 424 g/mol. The molecule has 0 saturated carbocycles. The summed E-state index contributed by atoms with van der Waals surface area (Å²) in [5.74, 6) is 1.91. The van der Waals surface area contributed by atoms with Crippen LogP contribution in [0.1, 0.15) is 29.9 Å². The number of hydrogen-bond acceptors (Lipinski definition) is 6. The van der Waals surface area contributed by atoms with Gasteiger partial charge in [-0.1, -0.05) is 12.1 Å². The topological polar surface area (TPSA) is 89.0 Å². The number of thiophene rings is 1. The third-order valence-corrected chi connectivity index (χ3v) is 8.26. The highest BCUT2D eigenvalue weighted by molar-refractivity contribution is 7.25. The summed E-state index contributed by atoms with van der Waals surface area (Å²) in [5, 5.41) is 3.67. The maximum atomic E-state index is 13.2. The smallest absolute Gasteiger partial charge is 0.328 e. The van der Waals surface area contributed by atoms with E-state index in [-0.39, 0.29) is 17.3 Å². The van der Waals surface area contributed by atoms with Crippen LogP contribution in [0, 0.1) is 5.92 Å². The average molecular weight is 449 g/mol. The predicted octanol–water partition coefficient (Wildman–Crippen LogP) is 3.02. The molecule has 32 heavy (non-hydrogen) atoms. The van der Waals surface area contributed by atoms with E-state index in [1.165, 1.54) is 27.0 Å². The summed E-state index contributed by atoms with van der Waals surface area (Å²) in [6.45, 7) is 1.35. The molecule has 1 fully saturated rings. The standard InChI is InChI=1S/C24H24N4O3S/c1-31-17-5-2-4-15-14(17)8-7-13-12-26-16(19(13)15)9-11-28-23(29)22-21(27-24(28)30)20-18(32-22)6-3-10-25-20/h2-6,10,13,16,19,26H,7-9,11-12H2,1H3,(H,27,30)/t13-,16?,19+/m1/s1. The highest BCUT2D eigenvalue weighted by atomic mass is 32.1. The number of methoxy groups -OCH3 is 1. The summed E-state index contributed by atoms with van der Waals surface area (Å²) in [6.07, 6.45) is 4.56. The Morgan fingerprint density at radius 2 is 2.16 bits per heavy atom. The van der Waals surface area contributed by atoms with Crippen molar-refractivity contribution < 1.29 is 4.74 Å². The number of hydrogen-bond donors (Lipinski definition) is 2. The summed E-state index contributed by atoms with van der Waals surface area (Å²) in [7, 11) is 1.73. The van der Waals surface area contributed by atoms with E-state index in [9.17, 15) is 9.59 Å². The molecule has 3 atom stereocenters. The van der Waals surface area contributed by atoms with Gasteiger partial charge in [-0.25, -0.2) is 4.79 Å². The van der Waals surface area contributed by atoms with E-state index in [0.29, 0.717) is 34.1 Å². The minimum Gasteiger partial charge on any atom is -0.496 e. The van der Waals surface area contributed by atoms with Crippen LogP contribution in [0.3, 0.4) is 0 Å². The Labute approximate surface area is 188 Å². The molecule has 8 heteroatoms. The van der Waals surface area contributed by atoms with Gasteiger partial charge in [-0.05, 0) is 61.1 Å². The van der Waals surface area contributed by atoms with Gasteiger partial charge in [-0.15, -0.1) is 11.3 Å². The van der Waals surface area contributed by atoms with Gasteiger partial charge in [-0.2, -0.15) is 0 Å². The van der Waals surface area contributed by atoms with Gasteiger partial charge in [0.2, 0.25) is 0 Å². The van der Waals surface area contributed by atoms with Crippen LogP contribution >= 0.6 is 11.3 Å². The van der Waals surface area contributed by atoms with Gasteiger partial charge in [0.05, 0.1) is 17.3 Å². The molecule has 1 aromatic carbocycles. The third kappa shape index (κ3) is 2.93.